The average molecular weight is 618 g/mol. The number of aliphatic imine (C=N–C) groups is 2. The predicted molar refractivity (Wildman–Crippen MR) is 196 cm³/mol. The summed E-state index contributed by atoms with van der Waals surface area (Å²) in [4.78, 5) is 10.2. The van der Waals surface area contributed by atoms with Crippen molar-refractivity contribution in [2.45, 2.75) is 6.17 Å². The molecule has 5 heteroatoms. The van der Waals surface area contributed by atoms with Crippen LogP contribution in [-0.2, 0) is 0 Å². The topological polar surface area (TPSA) is 63.0 Å². The molecule has 0 aliphatic carbocycles. The van der Waals surface area contributed by atoms with Gasteiger partial charge in [-0.05, 0) is 58.3 Å². The Morgan fingerprint density at radius 1 is 0.479 bits per heavy atom. The van der Waals surface area contributed by atoms with Gasteiger partial charge in [-0.2, -0.15) is 0 Å². The van der Waals surface area contributed by atoms with E-state index in [1.807, 2.05) is 54.6 Å². The van der Waals surface area contributed by atoms with Crippen LogP contribution in [0.3, 0.4) is 0 Å². The van der Waals surface area contributed by atoms with Gasteiger partial charge in [-0.15, -0.1) is 0 Å². The fourth-order valence-corrected chi connectivity index (χ4v) is 7.06. The number of benzene rings is 7. The van der Waals surface area contributed by atoms with Crippen molar-refractivity contribution in [1.82, 2.24) is 5.32 Å². The van der Waals surface area contributed by atoms with Gasteiger partial charge in [-0.1, -0.05) is 115 Å². The maximum atomic E-state index is 6.52. The highest BCUT2D eigenvalue weighted by Crippen LogP contribution is 2.42. The van der Waals surface area contributed by atoms with E-state index >= 15 is 0 Å². The van der Waals surface area contributed by atoms with E-state index < -0.39 is 6.17 Å². The molecule has 5 nitrogen and oxygen atoms in total. The second kappa shape index (κ2) is 10.5. The molecular weight excluding hydrogens is 590 g/mol. The second-order valence-corrected chi connectivity index (χ2v) is 12.2. The van der Waals surface area contributed by atoms with Gasteiger partial charge in [0.25, 0.3) is 0 Å². The van der Waals surface area contributed by atoms with Crippen molar-refractivity contribution >= 4 is 66.3 Å². The van der Waals surface area contributed by atoms with Crippen LogP contribution in [0, 0.1) is 0 Å². The lowest BCUT2D eigenvalue weighted by Gasteiger charge is -2.24. The molecule has 0 saturated heterocycles. The molecule has 0 saturated carbocycles. The first-order valence-corrected chi connectivity index (χ1v) is 16.1. The van der Waals surface area contributed by atoms with Gasteiger partial charge in [-0.3, -0.25) is 0 Å². The van der Waals surface area contributed by atoms with Crippen LogP contribution in [0.15, 0.2) is 170 Å². The number of fused-ring (bicyclic) bond motifs is 7. The van der Waals surface area contributed by atoms with Crippen molar-refractivity contribution in [1.29, 1.82) is 0 Å². The number of hydrogen-bond acceptors (Lipinski definition) is 5. The van der Waals surface area contributed by atoms with Crippen LogP contribution in [0.4, 0.5) is 0 Å². The minimum Gasteiger partial charge on any atom is -0.456 e. The maximum absolute atomic E-state index is 6.52. The number of amidine groups is 2. The van der Waals surface area contributed by atoms with Gasteiger partial charge in [0.2, 0.25) is 0 Å². The van der Waals surface area contributed by atoms with Crippen molar-refractivity contribution in [2.24, 2.45) is 9.98 Å². The Bertz CT molecular complexity index is 2760. The Kier molecular flexibility index (Phi) is 5.87. The zero-order chi connectivity index (χ0) is 31.6. The zero-order valence-electron chi connectivity index (χ0n) is 25.7. The lowest BCUT2D eigenvalue weighted by Crippen LogP contribution is -2.33. The molecule has 7 aromatic carbocycles. The van der Waals surface area contributed by atoms with E-state index in [0.717, 1.165) is 77.5 Å². The highest BCUT2D eigenvalue weighted by molar-refractivity contribution is 6.17. The smallest absolute Gasteiger partial charge is 0.159 e. The monoisotopic (exact) mass is 617 g/mol. The molecule has 48 heavy (non-hydrogen) atoms. The molecule has 226 valence electrons. The molecule has 0 fully saturated rings. The molecule has 1 aliphatic rings. The first kappa shape index (κ1) is 26.7. The summed E-state index contributed by atoms with van der Waals surface area (Å²) in [5, 5.41) is 10.3. The summed E-state index contributed by atoms with van der Waals surface area (Å²) >= 11 is 0. The molecule has 3 heterocycles. The highest BCUT2D eigenvalue weighted by Gasteiger charge is 2.25. The van der Waals surface area contributed by atoms with E-state index in [9.17, 15) is 0 Å². The van der Waals surface area contributed by atoms with Gasteiger partial charge >= 0.3 is 0 Å². The second-order valence-electron chi connectivity index (χ2n) is 12.2. The third kappa shape index (κ3) is 4.25. The normalized spacial score (nSPS) is 14.9. The summed E-state index contributed by atoms with van der Waals surface area (Å²) in [5.74, 6) is 1.47. The predicted octanol–water partition coefficient (Wildman–Crippen LogP) is 10.8. The molecule has 1 aliphatic heterocycles. The minimum absolute atomic E-state index is 0.391. The molecule has 0 radical (unpaired) electrons. The van der Waals surface area contributed by atoms with Crippen LogP contribution in [-0.4, -0.2) is 11.7 Å². The van der Waals surface area contributed by atoms with Crippen molar-refractivity contribution < 1.29 is 8.83 Å². The molecule has 0 amide bonds. The van der Waals surface area contributed by atoms with E-state index in [1.165, 1.54) is 10.8 Å². The summed E-state index contributed by atoms with van der Waals surface area (Å²) in [6, 6.07) is 52.1. The van der Waals surface area contributed by atoms with Gasteiger partial charge in [0, 0.05) is 38.2 Å². The van der Waals surface area contributed by atoms with Crippen molar-refractivity contribution in [3.8, 4) is 11.1 Å². The molecule has 1 N–H and O–H groups in total. The van der Waals surface area contributed by atoms with Crippen molar-refractivity contribution in [3.05, 3.63) is 168 Å². The Hall–Kier alpha value is -6.46. The van der Waals surface area contributed by atoms with Crippen LogP contribution in [0.1, 0.15) is 22.9 Å². The fourth-order valence-electron chi connectivity index (χ4n) is 7.06. The summed E-state index contributed by atoms with van der Waals surface area (Å²) in [5.41, 5.74) is 8.51. The van der Waals surface area contributed by atoms with E-state index in [0.29, 0.717) is 5.84 Å². The molecule has 2 aromatic heterocycles. The number of nitrogens with one attached hydrogen (secondary N) is 1. The van der Waals surface area contributed by atoms with E-state index in [-0.39, 0.29) is 0 Å². The number of hydrogen-bond donors (Lipinski definition) is 1. The SMILES string of the molecule is c1ccc(C2=NC(c3cccc4oc5cccc(-c6ccc7c(c6)oc6cc8ccccc8cc67)c5c34)NC(c3ccccc3)=N2)cc1. The summed E-state index contributed by atoms with van der Waals surface area (Å²) in [6.07, 6.45) is -0.391. The average Bonchev–Trinajstić information content (AvgIpc) is 3.72. The highest BCUT2D eigenvalue weighted by atomic mass is 16.3. The lowest BCUT2D eigenvalue weighted by molar-refractivity contribution is 0.662. The van der Waals surface area contributed by atoms with Crippen molar-refractivity contribution in [2.75, 3.05) is 0 Å². The van der Waals surface area contributed by atoms with Gasteiger partial charge in [0.05, 0.1) is 0 Å². The summed E-state index contributed by atoms with van der Waals surface area (Å²) < 4.78 is 13.0. The molecule has 1 unspecified atom stereocenters. The molecule has 10 rings (SSSR count). The zero-order valence-corrected chi connectivity index (χ0v) is 25.7. The quantitative estimate of drug-likeness (QED) is 0.214. The Morgan fingerprint density at radius 3 is 1.96 bits per heavy atom. The van der Waals surface area contributed by atoms with E-state index in [4.69, 9.17) is 18.8 Å². The van der Waals surface area contributed by atoms with Gasteiger partial charge in [0.1, 0.15) is 34.3 Å². The number of nitrogens with zero attached hydrogens (tertiary/aromatic N) is 2. The maximum Gasteiger partial charge on any atom is 0.159 e. The summed E-state index contributed by atoms with van der Waals surface area (Å²) in [7, 11) is 0. The van der Waals surface area contributed by atoms with Gasteiger partial charge < -0.3 is 14.2 Å². The minimum atomic E-state index is -0.391. The first-order chi connectivity index (χ1) is 23.8. The van der Waals surface area contributed by atoms with Crippen molar-refractivity contribution in [3.63, 3.8) is 0 Å². The van der Waals surface area contributed by atoms with Gasteiger partial charge in [-0.25, -0.2) is 9.98 Å². The van der Waals surface area contributed by atoms with Crippen LogP contribution in [0.2, 0.25) is 0 Å². The third-order valence-electron chi connectivity index (χ3n) is 9.32. The van der Waals surface area contributed by atoms with Crippen LogP contribution < -0.4 is 5.32 Å². The van der Waals surface area contributed by atoms with E-state index in [1.54, 1.807) is 0 Å². The standard InChI is InChI=1S/C43H27N3O2/c1-3-11-26(12-4-1)41-44-42(27-13-5-2-6-14-27)46-43(45-41)33-18-10-20-36-40(33)39-31(17-9-19-35(39)47-36)30-21-22-32-34-23-28-15-7-8-16-29(28)24-38(34)48-37(32)25-30/h1-25,43H,(H,44,45,46). The summed E-state index contributed by atoms with van der Waals surface area (Å²) in [6.45, 7) is 0. The Balaban J connectivity index is 1.16. The molecule has 1 atom stereocenters. The van der Waals surface area contributed by atoms with Crippen LogP contribution >= 0.6 is 0 Å². The van der Waals surface area contributed by atoms with Gasteiger partial charge in [0.15, 0.2) is 5.84 Å². The number of rotatable bonds is 4. The molecule has 9 aromatic rings. The Morgan fingerprint density at radius 2 is 1.15 bits per heavy atom. The van der Waals surface area contributed by atoms with Crippen LogP contribution in [0.5, 0.6) is 0 Å². The number of furan rings is 2. The molecule has 0 spiro atoms. The third-order valence-corrected chi connectivity index (χ3v) is 9.32. The largest absolute Gasteiger partial charge is 0.456 e. The van der Waals surface area contributed by atoms with Crippen LogP contribution in [0.25, 0.3) is 65.8 Å². The lowest BCUT2D eigenvalue weighted by atomic mass is 9.95. The van der Waals surface area contributed by atoms with E-state index in [2.05, 4.69) is 102 Å². The Labute approximate surface area is 275 Å². The molecule has 0 bridgehead atoms. The first-order valence-electron chi connectivity index (χ1n) is 16.1. The fraction of sp³-hybridized carbons (Fsp3) is 0.0233. The molecular formula is C43H27N3O2.